The van der Waals surface area contributed by atoms with Gasteiger partial charge in [-0.15, -0.1) is 0 Å². The third-order valence-electron chi connectivity index (χ3n) is 2.70. The molecule has 0 bridgehead atoms. The van der Waals surface area contributed by atoms with Gasteiger partial charge in [0.25, 0.3) is 5.89 Å². The van der Waals surface area contributed by atoms with Crippen molar-refractivity contribution < 1.29 is 13.3 Å². The Morgan fingerprint density at radius 1 is 1.26 bits per heavy atom. The summed E-state index contributed by atoms with van der Waals surface area (Å²) in [7, 11) is 0. The van der Waals surface area contributed by atoms with Gasteiger partial charge in [0.15, 0.2) is 5.82 Å². The van der Waals surface area contributed by atoms with Gasteiger partial charge < -0.3 is 10.3 Å². The molecule has 0 amide bonds. The predicted molar refractivity (Wildman–Crippen MR) is 66.4 cm³/mol. The summed E-state index contributed by atoms with van der Waals surface area (Å²) in [5.74, 6) is -1.28. The minimum Gasteiger partial charge on any atom is -0.334 e. The molecule has 0 aliphatic heterocycles. The van der Waals surface area contributed by atoms with Crippen LogP contribution in [0.15, 0.2) is 16.7 Å². The van der Waals surface area contributed by atoms with Gasteiger partial charge in [-0.05, 0) is 18.1 Å². The van der Waals surface area contributed by atoms with E-state index in [9.17, 15) is 8.78 Å². The molecule has 2 rings (SSSR count). The number of hydrogen-bond donors (Lipinski definition) is 1. The van der Waals surface area contributed by atoms with Crippen LogP contribution >= 0.6 is 11.6 Å². The monoisotopic (exact) mass is 287 g/mol. The van der Waals surface area contributed by atoms with Crippen LogP contribution in [0.25, 0.3) is 11.5 Å². The van der Waals surface area contributed by atoms with Crippen molar-refractivity contribution in [3.63, 3.8) is 0 Å². The van der Waals surface area contributed by atoms with Gasteiger partial charge in [-0.1, -0.05) is 30.6 Å². The quantitative estimate of drug-likeness (QED) is 0.880. The number of rotatable bonds is 3. The molecule has 1 heterocycles. The van der Waals surface area contributed by atoms with Crippen molar-refractivity contribution in [2.75, 3.05) is 0 Å². The van der Waals surface area contributed by atoms with E-state index in [0.29, 0.717) is 0 Å². The van der Waals surface area contributed by atoms with Gasteiger partial charge >= 0.3 is 0 Å². The molecule has 2 aromatic rings. The van der Waals surface area contributed by atoms with E-state index in [0.717, 1.165) is 12.1 Å². The third kappa shape index (κ3) is 2.74. The van der Waals surface area contributed by atoms with Crippen LogP contribution < -0.4 is 5.73 Å². The lowest BCUT2D eigenvalue weighted by Crippen LogP contribution is -2.18. The van der Waals surface area contributed by atoms with Crippen molar-refractivity contribution in [2.24, 2.45) is 11.7 Å². The molecular formula is C12H12ClF2N3O. The van der Waals surface area contributed by atoms with Gasteiger partial charge in [-0.25, -0.2) is 8.78 Å². The molecule has 102 valence electrons. The Morgan fingerprint density at radius 2 is 1.95 bits per heavy atom. The second-order valence-electron chi connectivity index (χ2n) is 4.47. The van der Waals surface area contributed by atoms with Crippen LogP contribution in [0.3, 0.4) is 0 Å². The Morgan fingerprint density at radius 3 is 2.58 bits per heavy atom. The molecule has 1 aromatic heterocycles. The Hall–Kier alpha value is -1.53. The number of halogens is 3. The maximum atomic E-state index is 13.7. The van der Waals surface area contributed by atoms with Gasteiger partial charge in [-0.3, -0.25) is 0 Å². The highest BCUT2D eigenvalue weighted by Crippen LogP contribution is 2.27. The van der Waals surface area contributed by atoms with Gasteiger partial charge in [0, 0.05) is 0 Å². The van der Waals surface area contributed by atoms with E-state index >= 15 is 0 Å². The fraction of sp³-hybridized carbons (Fsp3) is 0.333. The number of hydrogen-bond acceptors (Lipinski definition) is 4. The van der Waals surface area contributed by atoms with E-state index in [1.165, 1.54) is 0 Å². The molecule has 0 saturated carbocycles. The zero-order valence-corrected chi connectivity index (χ0v) is 11.1. The normalized spacial score (nSPS) is 13.0. The van der Waals surface area contributed by atoms with E-state index in [1.807, 2.05) is 13.8 Å². The average Bonchev–Trinajstić information content (AvgIpc) is 2.81. The molecule has 4 nitrogen and oxygen atoms in total. The van der Waals surface area contributed by atoms with Gasteiger partial charge in [0.2, 0.25) is 0 Å². The summed E-state index contributed by atoms with van der Waals surface area (Å²) in [6.07, 6.45) is 0. The van der Waals surface area contributed by atoms with Crippen LogP contribution in [0.2, 0.25) is 5.02 Å². The molecule has 7 heteroatoms. The number of aromatic nitrogens is 2. The van der Waals surface area contributed by atoms with Crippen LogP contribution in [-0.2, 0) is 0 Å². The van der Waals surface area contributed by atoms with Crippen molar-refractivity contribution >= 4 is 11.6 Å². The van der Waals surface area contributed by atoms with Crippen LogP contribution in [0.5, 0.6) is 0 Å². The Bertz CT molecular complexity index is 601. The van der Waals surface area contributed by atoms with Gasteiger partial charge in [-0.2, -0.15) is 4.98 Å². The van der Waals surface area contributed by atoms with E-state index < -0.39 is 17.7 Å². The molecule has 0 aliphatic rings. The summed E-state index contributed by atoms with van der Waals surface area (Å²) >= 11 is 5.47. The maximum absolute atomic E-state index is 13.7. The molecule has 0 fully saturated rings. The highest BCUT2D eigenvalue weighted by atomic mass is 35.5. The Kier molecular flexibility index (Phi) is 3.82. The standard InChI is InChI=1S/C12H12ClF2N3O/c1-5(2)10(16)11-17-12(19-18-11)6-3-9(15)7(13)4-8(6)14/h3-5,10H,16H2,1-2H3. The highest BCUT2D eigenvalue weighted by molar-refractivity contribution is 6.30. The van der Waals surface area contributed by atoms with Crippen molar-refractivity contribution in [3.8, 4) is 11.5 Å². The second-order valence-corrected chi connectivity index (χ2v) is 4.88. The first-order chi connectivity index (χ1) is 8.90. The van der Waals surface area contributed by atoms with Crippen LogP contribution in [0.1, 0.15) is 25.7 Å². The SMILES string of the molecule is CC(C)C(N)c1noc(-c2cc(F)c(Cl)cc2F)n1. The van der Waals surface area contributed by atoms with Crippen LogP contribution in [0, 0.1) is 17.6 Å². The first-order valence-electron chi connectivity index (χ1n) is 5.64. The predicted octanol–water partition coefficient (Wildman–Crippen LogP) is 3.32. The second kappa shape index (κ2) is 5.22. The maximum Gasteiger partial charge on any atom is 0.261 e. The lowest BCUT2D eigenvalue weighted by molar-refractivity contribution is 0.398. The van der Waals surface area contributed by atoms with Gasteiger partial charge in [0.1, 0.15) is 11.6 Å². The lowest BCUT2D eigenvalue weighted by atomic mass is 10.1. The van der Waals surface area contributed by atoms with Crippen LogP contribution in [-0.4, -0.2) is 10.1 Å². The molecule has 1 unspecified atom stereocenters. The van der Waals surface area contributed by atoms with Crippen molar-refractivity contribution in [1.29, 1.82) is 0 Å². The largest absolute Gasteiger partial charge is 0.334 e. The first-order valence-corrected chi connectivity index (χ1v) is 6.02. The van der Waals surface area contributed by atoms with E-state index in [2.05, 4.69) is 10.1 Å². The molecular weight excluding hydrogens is 276 g/mol. The highest BCUT2D eigenvalue weighted by Gasteiger charge is 2.20. The lowest BCUT2D eigenvalue weighted by Gasteiger charge is -2.09. The molecule has 2 N–H and O–H groups in total. The van der Waals surface area contributed by atoms with Crippen LogP contribution in [0.4, 0.5) is 8.78 Å². The minimum atomic E-state index is -0.758. The summed E-state index contributed by atoms with van der Waals surface area (Å²) in [5, 5.41) is 3.37. The zero-order valence-electron chi connectivity index (χ0n) is 10.3. The van der Waals surface area contributed by atoms with E-state index in [1.54, 1.807) is 0 Å². The fourth-order valence-corrected chi connectivity index (χ4v) is 1.61. The summed E-state index contributed by atoms with van der Waals surface area (Å²) in [4.78, 5) is 3.98. The van der Waals surface area contributed by atoms with Gasteiger partial charge in [0.05, 0.1) is 16.6 Å². The molecule has 1 aromatic carbocycles. The van der Waals surface area contributed by atoms with E-state index in [4.69, 9.17) is 21.9 Å². The topological polar surface area (TPSA) is 64.9 Å². The molecule has 0 saturated heterocycles. The summed E-state index contributed by atoms with van der Waals surface area (Å²) in [6, 6.07) is 1.34. The molecule has 0 spiro atoms. The number of nitrogens with zero attached hydrogens (tertiary/aromatic N) is 2. The Labute approximate surface area is 113 Å². The molecule has 0 aliphatic carbocycles. The summed E-state index contributed by atoms with van der Waals surface area (Å²) in [5.41, 5.74) is 5.71. The van der Waals surface area contributed by atoms with Crippen molar-refractivity contribution in [2.45, 2.75) is 19.9 Å². The first kappa shape index (κ1) is 13.9. The van der Waals surface area contributed by atoms with E-state index in [-0.39, 0.29) is 28.2 Å². The van der Waals surface area contributed by atoms with Crippen molar-refractivity contribution in [1.82, 2.24) is 10.1 Å². The van der Waals surface area contributed by atoms with Crippen molar-refractivity contribution in [3.05, 3.63) is 34.6 Å². The molecule has 1 atom stereocenters. The molecule has 0 radical (unpaired) electrons. The Balaban J connectivity index is 2.41. The minimum absolute atomic E-state index is 0.0947. The fourth-order valence-electron chi connectivity index (χ4n) is 1.46. The average molecular weight is 288 g/mol. The number of benzene rings is 1. The zero-order chi connectivity index (χ0) is 14.2. The smallest absolute Gasteiger partial charge is 0.261 e. The summed E-state index contributed by atoms with van der Waals surface area (Å²) < 4.78 is 31.9. The number of nitrogens with two attached hydrogens (primary N) is 1. The molecule has 19 heavy (non-hydrogen) atoms. The third-order valence-corrected chi connectivity index (χ3v) is 2.99. The summed E-state index contributed by atoms with van der Waals surface area (Å²) in [6.45, 7) is 3.78.